The minimum absolute atomic E-state index is 0.226. The highest BCUT2D eigenvalue weighted by Crippen LogP contribution is 2.33. The van der Waals surface area contributed by atoms with E-state index in [1.807, 2.05) is 0 Å². The van der Waals surface area contributed by atoms with Crippen molar-refractivity contribution in [3.63, 3.8) is 0 Å². The molecular formula is C13H19NO2S. The van der Waals surface area contributed by atoms with Gasteiger partial charge in [-0.1, -0.05) is 6.92 Å². The zero-order valence-electron chi connectivity index (χ0n) is 10.3. The standard InChI is InChI=1S/C13H19NO2S/c1-3-10-6-7-12(17-10)9(2)14-8-4-5-11(14)13(15)16/h6-7,9,11H,3-5,8H2,1-2H3,(H,15,16). The van der Waals surface area contributed by atoms with Crippen molar-refractivity contribution in [1.29, 1.82) is 0 Å². The van der Waals surface area contributed by atoms with Crippen LogP contribution < -0.4 is 0 Å². The first-order chi connectivity index (χ1) is 8.13. The van der Waals surface area contributed by atoms with E-state index >= 15 is 0 Å². The third kappa shape index (κ3) is 2.53. The van der Waals surface area contributed by atoms with E-state index in [1.54, 1.807) is 11.3 Å². The van der Waals surface area contributed by atoms with E-state index in [-0.39, 0.29) is 12.1 Å². The molecule has 0 saturated carbocycles. The van der Waals surface area contributed by atoms with Gasteiger partial charge in [-0.2, -0.15) is 0 Å². The summed E-state index contributed by atoms with van der Waals surface area (Å²) in [5.74, 6) is -0.679. The molecule has 2 rings (SSSR count). The van der Waals surface area contributed by atoms with Gasteiger partial charge in [-0.3, -0.25) is 9.69 Å². The number of nitrogens with zero attached hydrogens (tertiary/aromatic N) is 1. The van der Waals surface area contributed by atoms with Gasteiger partial charge in [0.2, 0.25) is 0 Å². The van der Waals surface area contributed by atoms with Gasteiger partial charge in [0.1, 0.15) is 6.04 Å². The minimum atomic E-state index is -0.679. The monoisotopic (exact) mass is 253 g/mol. The maximum atomic E-state index is 11.2. The van der Waals surface area contributed by atoms with Crippen LogP contribution in [0.1, 0.15) is 42.5 Å². The molecule has 1 N–H and O–H groups in total. The zero-order valence-corrected chi connectivity index (χ0v) is 11.2. The SMILES string of the molecule is CCc1ccc(C(C)N2CCCC2C(=O)O)s1. The molecule has 2 atom stereocenters. The Morgan fingerprint density at radius 3 is 3.00 bits per heavy atom. The Morgan fingerprint density at radius 2 is 2.41 bits per heavy atom. The zero-order chi connectivity index (χ0) is 12.4. The van der Waals surface area contributed by atoms with E-state index in [2.05, 4.69) is 30.9 Å². The van der Waals surface area contributed by atoms with Crippen molar-refractivity contribution >= 4 is 17.3 Å². The van der Waals surface area contributed by atoms with Crippen LogP contribution in [-0.2, 0) is 11.2 Å². The molecule has 2 heterocycles. The number of rotatable bonds is 4. The van der Waals surface area contributed by atoms with Gasteiger partial charge < -0.3 is 5.11 Å². The molecule has 1 aromatic heterocycles. The second-order valence-electron chi connectivity index (χ2n) is 4.57. The van der Waals surface area contributed by atoms with E-state index in [9.17, 15) is 9.90 Å². The highest BCUT2D eigenvalue weighted by Gasteiger charge is 2.34. The van der Waals surface area contributed by atoms with Crippen molar-refractivity contribution in [3.8, 4) is 0 Å². The second-order valence-corrected chi connectivity index (χ2v) is 5.77. The molecule has 0 spiro atoms. The van der Waals surface area contributed by atoms with Crippen LogP contribution in [0.25, 0.3) is 0 Å². The first kappa shape index (κ1) is 12.6. The fourth-order valence-corrected chi connectivity index (χ4v) is 3.52. The third-order valence-corrected chi connectivity index (χ3v) is 4.92. The lowest BCUT2D eigenvalue weighted by Crippen LogP contribution is -2.37. The summed E-state index contributed by atoms with van der Waals surface area (Å²) in [5.41, 5.74) is 0. The number of hydrogen-bond acceptors (Lipinski definition) is 3. The summed E-state index contributed by atoms with van der Waals surface area (Å²) >= 11 is 1.81. The number of likely N-dealkylation sites (tertiary alicyclic amines) is 1. The first-order valence-corrected chi connectivity index (χ1v) is 7.02. The van der Waals surface area contributed by atoms with Gasteiger partial charge in [-0.05, 0) is 44.9 Å². The molecule has 1 aliphatic rings. The topological polar surface area (TPSA) is 40.5 Å². The van der Waals surface area contributed by atoms with Crippen molar-refractivity contribution in [2.75, 3.05) is 6.54 Å². The average molecular weight is 253 g/mol. The minimum Gasteiger partial charge on any atom is -0.480 e. The number of hydrogen-bond donors (Lipinski definition) is 1. The molecule has 0 amide bonds. The Hall–Kier alpha value is -0.870. The fourth-order valence-electron chi connectivity index (χ4n) is 2.49. The Bertz CT molecular complexity index is 402. The fraction of sp³-hybridized carbons (Fsp3) is 0.615. The molecule has 0 bridgehead atoms. The van der Waals surface area contributed by atoms with E-state index in [0.717, 1.165) is 25.8 Å². The van der Waals surface area contributed by atoms with Crippen LogP contribution in [-0.4, -0.2) is 28.6 Å². The number of carbonyl (C=O) groups is 1. The van der Waals surface area contributed by atoms with E-state index in [1.165, 1.54) is 9.75 Å². The van der Waals surface area contributed by atoms with Gasteiger partial charge in [0.15, 0.2) is 0 Å². The van der Waals surface area contributed by atoms with Crippen LogP contribution in [0.4, 0.5) is 0 Å². The molecule has 1 aromatic rings. The molecule has 4 heteroatoms. The van der Waals surface area contributed by atoms with Crippen molar-refractivity contribution in [2.45, 2.75) is 45.2 Å². The van der Waals surface area contributed by atoms with Crippen molar-refractivity contribution < 1.29 is 9.90 Å². The summed E-state index contributed by atoms with van der Waals surface area (Å²) in [4.78, 5) is 15.9. The maximum Gasteiger partial charge on any atom is 0.320 e. The lowest BCUT2D eigenvalue weighted by molar-refractivity contribution is -0.142. The Morgan fingerprint density at radius 1 is 1.65 bits per heavy atom. The summed E-state index contributed by atoms with van der Waals surface area (Å²) in [5, 5.41) is 9.19. The normalized spacial score (nSPS) is 22.8. The number of carboxylic acids is 1. The van der Waals surface area contributed by atoms with Crippen molar-refractivity contribution in [3.05, 3.63) is 21.9 Å². The van der Waals surface area contributed by atoms with Gasteiger partial charge in [-0.25, -0.2) is 0 Å². The lowest BCUT2D eigenvalue weighted by Gasteiger charge is -2.27. The Balaban J connectivity index is 2.13. The van der Waals surface area contributed by atoms with Gasteiger partial charge in [0.05, 0.1) is 0 Å². The number of thiophene rings is 1. The van der Waals surface area contributed by atoms with Crippen molar-refractivity contribution in [1.82, 2.24) is 4.90 Å². The Labute approximate surface area is 106 Å². The molecule has 1 fully saturated rings. The molecule has 1 aliphatic heterocycles. The van der Waals surface area contributed by atoms with Gasteiger partial charge in [0, 0.05) is 15.8 Å². The molecule has 0 aromatic carbocycles. The molecule has 17 heavy (non-hydrogen) atoms. The molecule has 0 radical (unpaired) electrons. The van der Waals surface area contributed by atoms with Crippen LogP contribution in [0.3, 0.4) is 0 Å². The quantitative estimate of drug-likeness (QED) is 0.897. The molecular weight excluding hydrogens is 234 g/mol. The Kier molecular flexibility index (Phi) is 3.84. The van der Waals surface area contributed by atoms with Gasteiger partial charge >= 0.3 is 5.97 Å². The van der Waals surface area contributed by atoms with Crippen molar-refractivity contribution in [2.24, 2.45) is 0 Å². The summed E-state index contributed by atoms with van der Waals surface area (Å²) < 4.78 is 0. The number of carboxylic acid groups (broad SMARTS) is 1. The third-order valence-electron chi connectivity index (χ3n) is 3.52. The maximum absolute atomic E-state index is 11.2. The summed E-state index contributed by atoms with van der Waals surface area (Å²) in [6.07, 6.45) is 2.83. The molecule has 94 valence electrons. The van der Waals surface area contributed by atoms with E-state index < -0.39 is 5.97 Å². The summed E-state index contributed by atoms with van der Waals surface area (Å²) in [6.45, 7) is 5.17. The smallest absolute Gasteiger partial charge is 0.320 e. The van der Waals surface area contributed by atoms with Crippen LogP contribution >= 0.6 is 11.3 Å². The summed E-state index contributed by atoms with van der Waals surface area (Å²) in [7, 11) is 0. The predicted octanol–water partition coefficient (Wildman–Crippen LogP) is 2.92. The van der Waals surface area contributed by atoms with Gasteiger partial charge in [-0.15, -0.1) is 11.3 Å². The lowest BCUT2D eigenvalue weighted by atomic mass is 10.2. The highest BCUT2D eigenvalue weighted by molar-refractivity contribution is 7.12. The highest BCUT2D eigenvalue weighted by atomic mass is 32.1. The largest absolute Gasteiger partial charge is 0.480 e. The van der Waals surface area contributed by atoms with Crippen LogP contribution in [0.15, 0.2) is 12.1 Å². The van der Waals surface area contributed by atoms with E-state index in [0.29, 0.717) is 0 Å². The van der Waals surface area contributed by atoms with E-state index in [4.69, 9.17) is 0 Å². The van der Waals surface area contributed by atoms with Crippen LogP contribution in [0.2, 0.25) is 0 Å². The molecule has 0 aliphatic carbocycles. The summed E-state index contributed by atoms with van der Waals surface area (Å²) in [6, 6.07) is 4.23. The number of aliphatic carboxylic acids is 1. The average Bonchev–Trinajstić information content (AvgIpc) is 2.97. The predicted molar refractivity (Wildman–Crippen MR) is 69.5 cm³/mol. The molecule has 3 nitrogen and oxygen atoms in total. The molecule has 2 unspecified atom stereocenters. The molecule has 1 saturated heterocycles. The number of aryl methyl sites for hydroxylation is 1. The van der Waals surface area contributed by atoms with Gasteiger partial charge in [0.25, 0.3) is 0 Å². The first-order valence-electron chi connectivity index (χ1n) is 6.20. The van der Waals surface area contributed by atoms with Crippen LogP contribution in [0, 0.1) is 0 Å². The van der Waals surface area contributed by atoms with Crippen LogP contribution in [0.5, 0.6) is 0 Å². The second kappa shape index (κ2) is 5.19.